The fourth-order valence-corrected chi connectivity index (χ4v) is 6.26. The topological polar surface area (TPSA) is 73.8 Å². The van der Waals surface area contributed by atoms with E-state index in [1.165, 1.54) is 17.7 Å². The van der Waals surface area contributed by atoms with E-state index in [2.05, 4.69) is 45.0 Å². The summed E-state index contributed by atoms with van der Waals surface area (Å²) >= 11 is 1.80. The molecule has 3 rings (SSSR count). The summed E-state index contributed by atoms with van der Waals surface area (Å²) in [6, 6.07) is 4.60. The second kappa shape index (κ2) is 8.71. The Labute approximate surface area is 161 Å². The summed E-state index contributed by atoms with van der Waals surface area (Å²) in [5.74, 6) is 1.97. The number of rotatable bonds is 5. The average Bonchev–Trinajstić information content (AvgIpc) is 3.25. The first-order valence-corrected chi connectivity index (χ1v) is 12.1. The minimum atomic E-state index is -2.89. The van der Waals surface area contributed by atoms with Crippen LogP contribution in [0.4, 0.5) is 0 Å². The molecule has 0 saturated carbocycles. The number of aliphatic imine (C=N–C) groups is 1. The lowest BCUT2D eigenvalue weighted by Crippen LogP contribution is -2.47. The third kappa shape index (κ3) is 5.20. The number of guanidine groups is 1. The molecular formula is C18H30N4O2S2. The van der Waals surface area contributed by atoms with Crippen molar-refractivity contribution in [2.45, 2.75) is 38.3 Å². The molecule has 0 spiro atoms. The summed E-state index contributed by atoms with van der Waals surface area (Å²) in [7, 11) is -1.15. The summed E-state index contributed by atoms with van der Waals surface area (Å²) in [5.41, 5.74) is 0. The number of nitrogens with zero attached hydrogens (tertiary/aromatic N) is 2. The fraction of sp³-hybridized carbons (Fsp3) is 0.722. The monoisotopic (exact) mass is 398 g/mol. The van der Waals surface area contributed by atoms with Crippen molar-refractivity contribution in [3.8, 4) is 0 Å². The van der Waals surface area contributed by atoms with E-state index < -0.39 is 9.84 Å². The molecule has 8 heteroatoms. The van der Waals surface area contributed by atoms with E-state index in [9.17, 15) is 8.42 Å². The maximum atomic E-state index is 11.7. The molecule has 2 fully saturated rings. The summed E-state index contributed by atoms with van der Waals surface area (Å²) in [6.07, 6.45) is 3.14. The molecule has 26 heavy (non-hydrogen) atoms. The van der Waals surface area contributed by atoms with Crippen LogP contribution in [-0.2, 0) is 9.84 Å². The van der Waals surface area contributed by atoms with Gasteiger partial charge in [-0.05, 0) is 49.7 Å². The van der Waals surface area contributed by atoms with Crippen molar-refractivity contribution < 1.29 is 8.42 Å². The van der Waals surface area contributed by atoms with Crippen LogP contribution in [0.3, 0.4) is 0 Å². The summed E-state index contributed by atoms with van der Waals surface area (Å²) < 4.78 is 23.3. The maximum absolute atomic E-state index is 11.7. The van der Waals surface area contributed by atoms with Gasteiger partial charge in [-0.25, -0.2) is 8.42 Å². The molecule has 2 unspecified atom stereocenters. The third-order valence-electron chi connectivity index (χ3n) is 5.39. The molecule has 2 aliphatic heterocycles. The van der Waals surface area contributed by atoms with Crippen molar-refractivity contribution in [1.82, 2.24) is 15.5 Å². The lowest BCUT2D eigenvalue weighted by Gasteiger charge is -2.36. The van der Waals surface area contributed by atoms with Gasteiger partial charge in [0.05, 0.1) is 17.5 Å². The van der Waals surface area contributed by atoms with Crippen LogP contribution in [0.25, 0.3) is 0 Å². The first-order valence-electron chi connectivity index (χ1n) is 9.42. The number of nitrogens with one attached hydrogen (secondary N) is 2. The van der Waals surface area contributed by atoms with Gasteiger partial charge in [-0.3, -0.25) is 9.89 Å². The Hall–Kier alpha value is -1.12. The Morgan fingerprint density at radius 2 is 2.15 bits per heavy atom. The molecule has 0 bridgehead atoms. The molecule has 1 aromatic heterocycles. The zero-order chi connectivity index (χ0) is 18.6. The van der Waals surface area contributed by atoms with Gasteiger partial charge in [-0.2, -0.15) is 0 Å². The molecule has 146 valence electrons. The lowest BCUT2D eigenvalue weighted by molar-refractivity contribution is 0.140. The standard InChI is InChI=1S/C18H30N4O2S2/c1-14-5-8-22(9-6-14)16(17-4-3-10-25-17)12-20-18(19-2)21-15-7-11-26(23,24)13-15/h3-4,10,14-16H,5-9,11-13H2,1-2H3,(H2,19,20,21). The van der Waals surface area contributed by atoms with Crippen LogP contribution in [0.2, 0.25) is 0 Å². The zero-order valence-corrected chi connectivity index (χ0v) is 17.3. The minimum absolute atomic E-state index is 0.0396. The van der Waals surface area contributed by atoms with Gasteiger partial charge in [0.15, 0.2) is 15.8 Å². The maximum Gasteiger partial charge on any atom is 0.191 e. The van der Waals surface area contributed by atoms with Crippen molar-refractivity contribution in [1.29, 1.82) is 0 Å². The second-order valence-corrected chi connectivity index (χ2v) is 10.7. The molecule has 3 heterocycles. The van der Waals surface area contributed by atoms with Crippen LogP contribution in [0, 0.1) is 5.92 Å². The number of piperidine rings is 1. The average molecular weight is 399 g/mol. The van der Waals surface area contributed by atoms with Gasteiger partial charge < -0.3 is 10.6 Å². The van der Waals surface area contributed by atoms with E-state index in [1.54, 1.807) is 18.4 Å². The molecule has 2 aliphatic rings. The number of hydrogen-bond donors (Lipinski definition) is 2. The van der Waals surface area contributed by atoms with Crippen LogP contribution in [0.1, 0.15) is 37.1 Å². The Bertz CT molecular complexity index is 695. The molecule has 0 aromatic carbocycles. The smallest absolute Gasteiger partial charge is 0.191 e. The molecule has 2 atom stereocenters. The van der Waals surface area contributed by atoms with Crippen molar-refractivity contribution in [2.75, 3.05) is 38.2 Å². The normalized spacial score (nSPS) is 25.9. The van der Waals surface area contributed by atoms with Crippen LogP contribution < -0.4 is 10.6 Å². The quantitative estimate of drug-likeness (QED) is 0.585. The number of thiophene rings is 1. The predicted molar refractivity (Wildman–Crippen MR) is 109 cm³/mol. The second-order valence-electron chi connectivity index (χ2n) is 7.45. The lowest BCUT2D eigenvalue weighted by atomic mass is 9.97. The highest BCUT2D eigenvalue weighted by atomic mass is 32.2. The molecule has 0 radical (unpaired) electrons. The Balaban J connectivity index is 1.59. The van der Waals surface area contributed by atoms with Crippen LogP contribution >= 0.6 is 11.3 Å². The SMILES string of the molecule is CN=C(NCC(c1cccs1)N1CCC(C)CC1)NC1CCS(=O)(=O)C1. The molecule has 2 saturated heterocycles. The van der Waals surface area contributed by atoms with E-state index in [0.29, 0.717) is 18.4 Å². The van der Waals surface area contributed by atoms with Crippen molar-refractivity contribution in [2.24, 2.45) is 10.9 Å². The van der Waals surface area contributed by atoms with E-state index in [-0.39, 0.29) is 17.5 Å². The highest BCUT2D eigenvalue weighted by Crippen LogP contribution is 2.29. The van der Waals surface area contributed by atoms with Crippen molar-refractivity contribution in [3.63, 3.8) is 0 Å². The van der Waals surface area contributed by atoms with Gasteiger partial charge in [-0.1, -0.05) is 13.0 Å². The summed E-state index contributed by atoms with van der Waals surface area (Å²) in [5, 5.41) is 8.84. The van der Waals surface area contributed by atoms with Gasteiger partial charge in [0.1, 0.15) is 0 Å². The van der Waals surface area contributed by atoms with Crippen molar-refractivity contribution in [3.05, 3.63) is 22.4 Å². The molecular weight excluding hydrogens is 368 g/mol. The summed E-state index contributed by atoms with van der Waals surface area (Å²) in [4.78, 5) is 8.22. The third-order valence-corrected chi connectivity index (χ3v) is 8.13. The van der Waals surface area contributed by atoms with Crippen LogP contribution in [0.15, 0.2) is 22.5 Å². The zero-order valence-electron chi connectivity index (χ0n) is 15.6. The van der Waals surface area contributed by atoms with Crippen LogP contribution in [0.5, 0.6) is 0 Å². The number of hydrogen-bond acceptors (Lipinski definition) is 5. The highest BCUT2D eigenvalue weighted by Gasteiger charge is 2.29. The number of likely N-dealkylation sites (tertiary alicyclic amines) is 1. The molecule has 0 aliphatic carbocycles. The van der Waals surface area contributed by atoms with E-state index >= 15 is 0 Å². The molecule has 6 nitrogen and oxygen atoms in total. The molecule has 1 aromatic rings. The molecule has 0 amide bonds. The van der Waals surface area contributed by atoms with Gasteiger partial charge in [0.2, 0.25) is 0 Å². The van der Waals surface area contributed by atoms with Crippen molar-refractivity contribution >= 4 is 27.1 Å². The Kier molecular flexibility index (Phi) is 6.58. The van der Waals surface area contributed by atoms with Gasteiger partial charge in [0.25, 0.3) is 0 Å². The van der Waals surface area contributed by atoms with Gasteiger partial charge in [0, 0.05) is 24.5 Å². The van der Waals surface area contributed by atoms with Crippen LogP contribution in [-0.4, -0.2) is 63.5 Å². The Morgan fingerprint density at radius 3 is 2.73 bits per heavy atom. The molecule has 2 N–H and O–H groups in total. The van der Waals surface area contributed by atoms with E-state index in [1.807, 2.05) is 0 Å². The largest absolute Gasteiger partial charge is 0.354 e. The van der Waals surface area contributed by atoms with Gasteiger partial charge in [-0.15, -0.1) is 11.3 Å². The highest BCUT2D eigenvalue weighted by molar-refractivity contribution is 7.91. The fourth-order valence-electron chi connectivity index (χ4n) is 3.72. The van der Waals surface area contributed by atoms with E-state index in [4.69, 9.17) is 0 Å². The minimum Gasteiger partial charge on any atom is -0.354 e. The predicted octanol–water partition coefficient (Wildman–Crippen LogP) is 1.87. The first-order chi connectivity index (χ1) is 12.5. The van der Waals surface area contributed by atoms with E-state index in [0.717, 1.165) is 25.6 Å². The Morgan fingerprint density at radius 1 is 1.38 bits per heavy atom. The number of sulfone groups is 1. The summed E-state index contributed by atoms with van der Waals surface area (Å²) in [6.45, 7) is 5.35. The first kappa shape index (κ1) is 19.6. The van der Waals surface area contributed by atoms with Gasteiger partial charge >= 0.3 is 0 Å².